The molecule has 2 bridgehead atoms. The Morgan fingerprint density at radius 3 is 2.76 bits per heavy atom. The predicted molar refractivity (Wildman–Crippen MR) is 66.9 cm³/mol. The molecule has 2 fully saturated rings. The number of carbonyl (C=O) groups excluding carboxylic acids is 1. The van der Waals surface area contributed by atoms with E-state index < -0.39 is 5.60 Å². The summed E-state index contributed by atoms with van der Waals surface area (Å²) in [6, 6.07) is 0.688. The highest BCUT2D eigenvalue weighted by molar-refractivity contribution is 5.70. The van der Waals surface area contributed by atoms with E-state index in [2.05, 4.69) is 11.9 Å². The summed E-state index contributed by atoms with van der Waals surface area (Å²) in [6.07, 6.45) is 3.80. The number of hydrogen-bond donors (Lipinski definition) is 1. The average Bonchev–Trinajstić information content (AvgIpc) is 2.52. The Labute approximate surface area is 103 Å². The maximum Gasteiger partial charge on any atom is 0.410 e. The standard InChI is InChI=1S/C13H22N2O2/c1-5-10-11-7-6-9(8-14-10)15(11)12(16)17-13(2,3)4/h5,9-11,14H,1,6-8H2,2-4H3/t9-,10+,11+/m1/s1. The van der Waals surface area contributed by atoms with Crippen molar-refractivity contribution in [3.8, 4) is 0 Å². The molecule has 2 aliphatic rings. The summed E-state index contributed by atoms with van der Waals surface area (Å²) < 4.78 is 5.48. The molecule has 0 aromatic carbocycles. The first-order chi connectivity index (χ1) is 7.92. The lowest BCUT2D eigenvalue weighted by Gasteiger charge is -2.40. The maximum absolute atomic E-state index is 12.2. The predicted octanol–water partition coefficient (Wildman–Crippen LogP) is 1.91. The number of nitrogens with zero attached hydrogens (tertiary/aromatic N) is 1. The van der Waals surface area contributed by atoms with Gasteiger partial charge < -0.3 is 10.1 Å². The van der Waals surface area contributed by atoms with E-state index in [-0.39, 0.29) is 24.2 Å². The van der Waals surface area contributed by atoms with Crippen LogP contribution in [0, 0.1) is 0 Å². The molecule has 0 aromatic heterocycles. The Morgan fingerprint density at radius 2 is 2.18 bits per heavy atom. The van der Waals surface area contributed by atoms with Crippen molar-refractivity contribution in [3.63, 3.8) is 0 Å². The van der Waals surface area contributed by atoms with Crippen LogP contribution in [-0.2, 0) is 4.74 Å². The van der Waals surface area contributed by atoms with Crippen LogP contribution in [0.5, 0.6) is 0 Å². The second kappa shape index (κ2) is 4.33. The number of fused-ring (bicyclic) bond motifs is 2. The fourth-order valence-corrected chi connectivity index (χ4v) is 2.71. The normalized spacial score (nSPS) is 32.4. The Morgan fingerprint density at radius 1 is 1.47 bits per heavy atom. The molecule has 0 unspecified atom stereocenters. The van der Waals surface area contributed by atoms with Crippen LogP contribution in [0.1, 0.15) is 33.6 Å². The zero-order valence-corrected chi connectivity index (χ0v) is 10.9. The van der Waals surface area contributed by atoms with E-state index in [0.29, 0.717) is 0 Å². The first-order valence-electron chi connectivity index (χ1n) is 6.29. The van der Waals surface area contributed by atoms with Crippen molar-refractivity contribution < 1.29 is 9.53 Å². The molecular formula is C13H22N2O2. The van der Waals surface area contributed by atoms with Crippen LogP contribution in [-0.4, -0.2) is 41.3 Å². The Hall–Kier alpha value is -1.03. The van der Waals surface area contributed by atoms with E-state index in [1.54, 1.807) is 0 Å². The van der Waals surface area contributed by atoms with Crippen molar-refractivity contribution in [2.24, 2.45) is 0 Å². The van der Waals surface area contributed by atoms with Crippen molar-refractivity contribution in [1.29, 1.82) is 0 Å². The molecule has 1 N–H and O–H groups in total. The molecule has 4 heteroatoms. The molecule has 0 saturated carbocycles. The van der Waals surface area contributed by atoms with Crippen molar-refractivity contribution in [2.45, 2.75) is 57.3 Å². The molecule has 4 nitrogen and oxygen atoms in total. The Kier molecular flexibility index (Phi) is 3.17. The Bertz CT molecular complexity index is 322. The zero-order valence-electron chi connectivity index (χ0n) is 10.9. The number of ether oxygens (including phenoxy) is 1. The van der Waals surface area contributed by atoms with Crippen LogP contribution < -0.4 is 5.32 Å². The molecule has 96 valence electrons. The summed E-state index contributed by atoms with van der Waals surface area (Å²) in [5, 5.41) is 3.41. The average molecular weight is 238 g/mol. The highest BCUT2D eigenvalue weighted by Crippen LogP contribution is 2.31. The molecule has 1 amide bonds. The zero-order chi connectivity index (χ0) is 12.6. The quantitative estimate of drug-likeness (QED) is 0.710. The van der Waals surface area contributed by atoms with Crippen molar-refractivity contribution >= 4 is 6.09 Å². The van der Waals surface area contributed by atoms with Gasteiger partial charge in [-0.1, -0.05) is 6.08 Å². The molecule has 0 radical (unpaired) electrons. The van der Waals surface area contributed by atoms with Crippen LogP contribution in [0.25, 0.3) is 0 Å². The smallest absolute Gasteiger partial charge is 0.410 e. The van der Waals surface area contributed by atoms with Crippen LogP contribution in [0.3, 0.4) is 0 Å². The third-order valence-corrected chi connectivity index (χ3v) is 3.41. The second-order valence-corrected chi connectivity index (χ2v) is 5.86. The van der Waals surface area contributed by atoms with Crippen LogP contribution in [0.15, 0.2) is 12.7 Å². The van der Waals surface area contributed by atoms with E-state index in [1.165, 1.54) is 0 Å². The van der Waals surface area contributed by atoms with Gasteiger partial charge in [-0.05, 0) is 33.6 Å². The number of rotatable bonds is 1. The van der Waals surface area contributed by atoms with Crippen LogP contribution in [0.2, 0.25) is 0 Å². The molecule has 0 aromatic rings. The van der Waals surface area contributed by atoms with Gasteiger partial charge in [0.15, 0.2) is 0 Å². The van der Waals surface area contributed by atoms with Gasteiger partial charge >= 0.3 is 6.09 Å². The Balaban J connectivity index is 2.10. The lowest BCUT2D eigenvalue weighted by molar-refractivity contribution is 0.00680. The van der Waals surface area contributed by atoms with E-state index in [4.69, 9.17) is 4.74 Å². The first-order valence-corrected chi connectivity index (χ1v) is 6.29. The number of nitrogens with one attached hydrogen (secondary N) is 1. The third kappa shape index (κ3) is 2.46. The molecule has 0 spiro atoms. The molecule has 2 aliphatic heterocycles. The van der Waals surface area contributed by atoms with Gasteiger partial charge in [-0.3, -0.25) is 4.90 Å². The van der Waals surface area contributed by atoms with E-state index in [0.717, 1.165) is 19.4 Å². The monoisotopic (exact) mass is 238 g/mol. The van der Waals surface area contributed by atoms with Gasteiger partial charge in [0.05, 0.1) is 6.04 Å². The summed E-state index contributed by atoms with van der Waals surface area (Å²) in [4.78, 5) is 14.1. The fraction of sp³-hybridized carbons (Fsp3) is 0.769. The molecule has 2 saturated heterocycles. The number of carbonyl (C=O) groups is 1. The van der Waals surface area contributed by atoms with Crippen LogP contribution >= 0.6 is 0 Å². The maximum atomic E-state index is 12.2. The molecule has 17 heavy (non-hydrogen) atoms. The fourth-order valence-electron chi connectivity index (χ4n) is 2.71. The summed E-state index contributed by atoms with van der Waals surface area (Å²) in [5.41, 5.74) is -0.426. The molecule has 2 heterocycles. The van der Waals surface area contributed by atoms with Crippen LogP contribution in [0.4, 0.5) is 4.79 Å². The molecule has 0 aliphatic carbocycles. The SMILES string of the molecule is C=C[C@@H]1NC[C@H]2CC[C@@H]1N2C(=O)OC(C)(C)C. The topological polar surface area (TPSA) is 41.6 Å². The second-order valence-electron chi connectivity index (χ2n) is 5.86. The van der Waals surface area contributed by atoms with Gasteiger partial charge in [-0.2, -0.15) is 0 Å². The van der Waals surface area contributed by atoms with Crippen molar-refractivity contribution in [2.75, 3.05) is 6.54 Å². The first kappa shape index (κ1) is 12.4. The largest absolute Gasteiger partial charge is 0.444 e. The summed E-state index contributed by atoms with van der Waals surface area (Å²) >= 11 is 0. The van der Waals surface area contributed by atoms with E-state index in [1.807, 2.05) is 31.7 Å². The lowest BCUT2D eigenvalue weighted by Crippen LogP contribution is -2.59. The number of hydrogen-bond acceptors (Lipinski definition) is 3. The molecule has 2 rings (SSSR count). The van der Waals surface area contributed by atoms with Gasteiger partial charge in [0.1, 0.15) is 5.60 Å². The summed E-state index contributed by atoms with van der Waals surface area (Å²) in [5.74, 6) is 0. The highest BCUT2D eigenvalue weighted by atomic mass is 16.6. The molecular weight excluding hydrogens is 216 g/mol. The van der Waals surface area contributed by atoms with Crippen molar-refractivity contribution in [1.82, 2.24) is 10.2 Å². The van der Waals surface area contributed by atoms with Gasteiger partial charge in [-0.25, -0.2) is 4.79 Å². The van der Waals surface area contributed by atoms with Gasteiger partial charge in [0, 0.05) is 18.6 Å². The lowest BCUT2D eigenvalue weighted by atomic mass is 10.1. The van der Waals surface area contributed by atoms with Gasteiger partial charge in [-0.15, -0.1) is 6.58 Å². The van der Waals surface area contributed by atoms with Gasteiger partial charge in [0.2, 0.25) is 0 Å². The number of piperazine rings is 1. The summed E-state index contributed by atoms with van der Waals surface area (Å²) in [7, 11) is 0. The number of amides is 1. The minimum Gasteiger partial charge on any atom is -0.444 e. The van der Waals surface area contributed by atoms with E-state index in [9.17, 15) is 4.79 Å². The highest BCUT2D eigenvalue weighted by Gasteiger charge is 2.45. The van der Waals surface area contributed by atoms with Gasteiger partial charge in [0.25, 0.3) is 0 Å². The van der Waals surface area contributed by atoms with E-state index >= 15 is 0 Å². The third-order valence-electron chi connectivity index (χ3n) is 3.41. The molecule has 3 atom stereocenters. The minimum atomic E-state index is -0.426. The minimum absolute atomic E-state index is 0.182. The van der Waals surface area contributed by atoms with Crippen molar-refractivity contribution in [3.05, 3.63) is 12.7 Å². The summed E-state index contributed by atoms with van der Waals surface area (Å²) in [6.45, 7) is 10.4.